The Morgan fingerprint density at radius 1 is 0.714 bits per heavy atom. The zero-order chi connectivity index (χ0) is 30.5. The van der Waals surface area contributed by atoms with Crippen LogP contribution < -0.4 is 0 Å². The molecule has 0 spiro atoms. The molecule has 2 atom stereocenters. The molecule has 0 amide bonds. The van der Waals surface area contributed by atoms with Gasteiger partial charge in [0.25, 0.3) is 0 Å². The van der Waals surface area contributed by atoms with Crippen LogP contribution in [-0.4, -0.2) is 0 Å². The Morgan fingerprint density at radius 3 is 1.40 bits per heavy atom. The molecule has 222 valence electrons. The van der Waals surface area contributed by atoms with Crippen LogP contribution in [0.25, 0.3) is 23.3 Å². The first-order chi connectivity index (χ1) is 20.3. The minimum atomic E-state index is 0.581. The minimum Gasteiger partial charge on any atom is -0.192 e. The Labute approximate surface area is 278 Å². The van der Waals surface area contributed by atoms with Crippen molar-refractivity contribution < 1.29 is 0 Å². The fraction of sp³-hybridized carbons (Fsp3) is 0.444. The number of allylic oxidation sites excluding steroid dienone is 2. The molecule has 2 unspecified atom stereocenters. The normalized spacial score (nSPS) is 13.5. The molecule has 0 aliphatic rings. The van der Waals surface area contributed by atoms with Crippen molar-refractivity contribution in [2.24, 2.45) is 11.8 Å². The zero-order valence-electron chi connectivity index (χ0n) is 25.3. The highest BCUT2D eigenvalue weighted by Crippen LogP contribution is 2.35. The molecular formula is C36H42Br2N2S2. The lowest BCUT2D eigenvalue weighted by atomic mass is 9.84. The predicted octanol–water partition coefficient (Wildman–Crippen LogP) is 13.0. The highest BCUT2D eigenvalue weighted by Gasteiger charge is 2.18. The third kappa shape index (κ3) is 10.1. The van der Waals surface area contributed by atoms with Crippen molar-refractivity contribution in [3.63, 3.8) is 0 Å². The first-order valence-electron chi connectivity index (χ1n) is 15.3. The Balaban J connectivity index is 2.24. The van der Waals surface area contributed by atoms with E-state index in [2.05, 4.69) is 96.0 Å². The standard InChI is InChI=1S/C36H42Br2N2S2/c1-5-9-11-25(7-3)17-27-19-30(22-32(24-40)34-14-16-36(38)42-34)28(18-26(8-4)12-10-6-2)20-29(27)21-31(23-39)33-13-15-35(37)41-33/h13-16,19-22,25-26H,5-12,17-18H2,1-4H3/b31-21-,32-22-. The van der Waals surface area contributed by atoms with E-state index in [9.17, 15) is 10.5 Å². The van der Waals surface area contributed by atoms with E-state index in [4.69, 9.17) is 0 Å². The molecule has 0 N–H and O–H groups in total. The monoisotopic (exact) mass is 724 g/mol. The van der Waals surface area contributed by atoms with Crippen molar-refractivity contribution in [2.75, 3.05) is 0 Å². The molecule has 2 nitrogen and oxygen atoms in total. The number of benzene rings is 1. The number of unbranched alkanes of at least 4 members (excludes halogenated alkanes) is 2. The van der Waals surface area contributed by atoms with Gasteiger partial charge in [-0.3, -0.25) is 0 Å². The summed E-state index contributed by atoms with van der Waals surface area (Å²) in [5, 5.41) is 20.4. The maximum atomic E-state index is 10.2. The van der Waals surface area contributed by atoms with Gasteiger partial charge in [0, 0.05) is 9.75 Å². The van der Waals surface area contributed by atoms with Gasteiger partial charge < -0.3 is 0 Å². The molecule has 3 rings (SSSR count). The molecular weight excluding hydrogens is 684 g/mol. The van der Waals surface area contributed by atoms with Crippen LogP contribution in [0.3, 0.4) is 0 Å². The molecule has 0 aliphatic heterocycles. The van der Waals surface area contributed by atoms with Crippen molar-refractivity contribution in [3.8, 4) is 12.1 Å². The maximum Gasteiger partial charge on any atom is 0.101 e. The van der Waals surface area contributed by atoms with Crippen molar-refractivity contribution >= 4 is 77.8 Å². The second-order valence-corrected chi connectivity index (χ2v) is 16.0. The molecule has 1 aromatic carbocycles. The SMILES string of the molecule is CCCCC(CC)Cc1cc(/C=C(/C#N)c2ccc(Br)s2)c(CC(CC)CCCC)cc1/C=C(/C#N)c1ccc(Br)s1. The van der Waals surface area contributed by atoms with E-state index in [-0.39, 0.29) is 0 Å². The summed E-state index contributed by atoms with van der Waals surface area (Å²) in [5.41, 5.74) is 6.20. The molecule has 0 radical (unpaired) electrons. The first kappa shape index (κ1) is 34.5. The topological polar surface area (TPSA) is 47.6 Å². The van der Waals surface area contributed by atoms with Gasteiger partial charge in [-0.1, -0.05) is 91.2 Å². The van der Waals surface area contributed by atoms with Crippen molar-refractivity contribution in [2.45, 2.75) is 91.9 Å². The van der Waals surface area contributed by atoms with Gasteiger partial charge in [0.2, 0.25) is 0 Å². The molecule has 0 bridgehead atoms. The summed E-state index contributed by atoms with van der Waals surface area (Å²) in [6.45, 7) is 9.09. The average Bonchev–Trinajstić information content (AvgIpc) is 3.63. The fourth-order valence-electron chi connectivity index (χ4n) is 5.40. The summed E-state index contributed by atoms with van der Waals surface area (Å²) >= 11 is 10.3. The van der Waals surface area contributed by atoms with Gasteiger partial charge in [0.05, 0.1) is 18.7 Å². The first-order valence-corrected chi connectivity index (χ1v) is 18.5. The van der Waals surface area contributed by atoms with E-state index < -0.39 is 0 Å². The van der Waals surface area contributed by atoms with Gasteiger partial charge in [-0.25, -0.2) is 0 Å². The van der Waals surface area contributed by atoms with Gasteiger partial charge >= 0.3 is 0 Å². The highest BCUT2D eigenvalue weighted by atomic mass is 79.9. The molecule has 2 heterocycles. The third-order valence-corrected chi connectivity index (χ3v) is 11.3. The Morgan fingerprint density at radius 2 is 1.12 bits per heavy atom. The molecule has 0 fully saturated rings. The predicted molar refractivity (Wildman–Crippen MR) is 191 cm³/mol. The number of nitriles is 2. The smallest absolute Gasteiger partial charge is 0.101 e. The lowest BCUT2D eigenvalue weighted by Crippen LogP contribution is -2.09. The van der Waals surface area contributed by atoms with Gasteiger partial charge in [0.15, 0.2) is 0 Å². The maximum absolute atomic E-state index is 10.2. The van der Waals surface area contributed by atoms with Crippen LogP contribution in [0.4, 0.5) is 0 Å². The van der Waals surface area contributed by atoms with E-state index in [0.717, 1.165) is 54.1 Å². The quantitative estimate of drug-likeness (QED) is 0.138. The molecule has 0 saturated carbocycles. The van der Waals surface area contributed by atoms with Gasteiger partial charge in [-0.2, -0.15) is 10.5 Å². The summed E-state index contributed by atoms with van der Waals surface area (Å²) in [7, 11) is 0. The van der Waals surface area contributed by atoms with E-state index in [0.29, 0.717) is 23.0 Å². The van der Waals surface area contributed by atoms with E-state index >= 15 is 0 Å². The van der Waals surface area contributed by atoms with Crippen LogP contribution >= 0.6 is 54.5 Å². The van der Waals surface area contributed by atoms with Crippen LogP contribution in [0.1, 0.15) is 111 Å². The number of thiophene rings is 2. The number of hydrogen-bond acceptors (Lipinski definition) is 4. The molecule has 6 heteroatoms. The number of rotatable bonds is 16. The third-order valence-electron chi connectivity index (χ3n) is 8.02. The van der Waals surface area contributed by atoms with Crippen LogP contribution in [-0.2, 0) is 12.8 Å². The summed E-state index contributed by atoms with van der Waals surface area (Å²) in [5.74, 6) is 1.16. The lowest BCUT2D eigenvalue weighted by Gasteiger charge is -2.21. The van der Waals surface area contributed by atoms with E-state index in [1.165, 1.54) is 49.7 Å². The number of hydrogen-bond donors (Lipinski definition) is 0. The Bertz CT molecular complexity index is 1340. The summed E-state index contributed by atoms with van der Waals surface area (Å²) in [6, 6.07) is 17.7. The minimum absolute atomic E-state index is 0.581. The van der Waals surface area contributed by atoms with E-state index in [1.807, 2.05) is 24.3 Å². The van der Waals surface area contributed by atoms with Gasteiger partial charge in [-0.15, -0.1) is 22.7 Å². The van der Waals surface area contributed by atoms with Crippen LogP contribution in [0.15, 0.2) is 44.0 Å². The van der Waals surface area contributed by atoms with E-state index in [1.54, 1.807) is 22.7 Å². The van der Waals surface area contributed by atoms with Crippen molar-refractivity contribution in [1.29, 1.82) is 10.5 Å². The highest BCUT2D eigenvalue weighted by molar-refractivity contribution is 9.11. The summed E-state index contributed by atoms with van der Waals surface area (Å²) in [4.78, 5) is 1.95. The molecule has 0 saturated heterocycles. The Hall–Kier alpha value is -1.96. The summed E-state index contributed by atoms with van der Waals surface area (Å²) < 4.78 is 2.05. The number of nitrogens with zero attached hydrogens (tertiary/aromatic N) is 2. The molecule has 3 aromatic rings. The second-order valence-electron chi connectivity index (χ2n) is 11.0. The largest absolute Gasteiger partial charge is 0.192 e. The van der Waals surface area contributed by atoms with Crippen molar-refractivity contribution in [3.05, 3.63) is 76.0 Å². The zero-order valence-corrected chi connectivity index (χ0v) is 30.1. The number of halogens is 2. The van der Waals surface area contributed by atoms with Crippen molar-refractivity contribution in [1.82, 2.24) is 0 Å². The average molecular weight is 727 g/mol. The van der Waals surface area contributed by atoms with Crippen LogP contribution in [0.2, 0.25) is 0 Å². The van der Waals surface area contributed by atoms with Crippen LogP contribution in [0, 0.1) is 34.5 Å². The molecule has 0 aliphatic carbocycles. The lowest BCUT2D eigenvalue weighted by molar-refractivity contribution is 0.446. The molecule has 42 heavy (non-hydrogen) atoms. The van der Waals surface area contributed by atoms with Crippen LogP contribution in [0.5, 0.6) is 0 Å². The molecule has 2 aromatic heterocycles. The Kier molecular flexibility index (Phi) is 14.8. The fourth-order valence-corrected chi connectivity index (χ4v) is 8.11. The van der Waals surface area contributed by atoms with Gasteiger partial charge in [0.1, 0.15) is 12.1 Å². The second kappa shape index (κ2) is 18.0. The van der Waals surface area contributed by atoms with Gasteiger partial charge in [-0.05, 0) is 115 Å². The summed E-state index contributed by atoms with van der Waals surface area (Å²) in [6.07, 6.45) is 15.6.